The zero-order valence-corrected chi connectivity index (χ0v) is 15.3. The number of ether oxygens (including phenoxy) is 5. The van der Waals surface area contributed by atoms with Gasteiger partial charge >= 0.3 is 5.97 Å². The summed E-state index contributed by atoms with van der Waals surface area (Å²) in [7, 11) is 3.18. The predicted octanol–water partition coefficient (Wildman–Crippen LogP) is 3.17. The highest BCUT2D eigenvalue weighted by atomic mass is 16.6. The minimum atomic E-state index is -0.459. The maximum atomic E-state index is 12.4. The number of benzene rings is 1. The van der Waals surface area contributed by atoms with Gasteiger partial charge in [0.15, 0.2) is 11.5 Å². The van der Waals surface area contributed by atoms with Crippen molar-refractivity contribution in [3.05, 3.63) is 36.1 Å². The normalized spacial score (nSPS) is 10.6. The Bertz CT molecular complexity index is 679. The molecule has 1 aromatic carbocycles. The van der Waals surface area contributed by atoms with Gasteiger partial charge in [0.05, 0.1) is 31.6 Å². The number of hydrogen-bond donors (Lipinski definition) is 0. The summed E-state index contributed by atoms with van der Waals surface area (Å²) in [4.78, 5) is 12.4. The molecule has 7 heteroatoms. The van der Waals surface area contributed by atoms with Crippen molar-refractivity contribution in [3.8, 4) is 22.8 Å². The number of carbonyl (C=O) groups is 1. The van der Waals surface area contributed by atoms with Crippen molar-refractivity contribution in [2.24, 2.45) is 0 Å². The predicted molar refractivity (Wildman–Crippen MR) is 94.8 cm³/mol. The van der Waals surface area contributed by atoms with Gasteiger partial charge in [-0.3, -0.25) is 0 Å². The van der Waals surface area contributed by atoms with Crippen molar-refractivity contribution in [1.82, 2.24) is 0 Å². The molecule has 0 unspecified atom stereocenters. The molecule has 0 amide bonds. The summed E-state index contributed by atoms with van der Waals surface area (Å²) in [5.41, 5.74) is 0.910. The monoisotopic (exact) mass is 364 g/mol. The average molecular weight is 364 g/mol. The van der Waals surface area contributed by atoms with Gasteiger partial charge in [0, 0.05) is 19.8 Å². The molecular weight excluding hydrogens is 340 g/mol. The van der Waals surface area contributed by atoms with Crippen LogP contribution >= 0.6 is 0 Å². The lowest BCUT2D eigenvalue weighted by Crippen LogP contribution is -2.11. The van der Waals surface area contributed by atoms with Gasteiger partial charge < -0.3 is 28.1 Å². The highest BCUT2D eigenvalue weighted by Crippen LogP contribution is 2.37. The Morgan fingerprint density at radius 2 is 1.65 bits per heavy atom. The number of rotatable bonds is 11. The third-order valence-corrected chi connectivity index (χ3v) is 3.46. The third kappa shape index (κ3) is 5.24. The third-order valence-electron chi connectivity index (χ3n) is 3.46. The molecule has 0 fully saturated rings. The van der Waals surface area contributed by atoms with Crippen LogP contribution in [0.15, 0.2) is 34.9 Å². The first-order valence-electron chi connectivity index (χ1n) is 8.33. The van der Waals surface area contributed by atoms with Gasteiger partial charge in [-0.1, -0.05) is 0 Å². The maximum Gasteiger partial charge on any atom is 0.339 e. The number of furan rings is 1. The lowest BCUT2D eigenvalue weighted by atomic mass is 10.0. The van der Waals surface area contributed by atoms with Crippen LogP contribution in [0.25, 0.3) is 11.3 Å². The first-order chi connectivity index (χ1) is 12.7. The fraction of sp³-hybridized carbons (Fsp3) is 0.421. The molecule has 0 bridgehead atoms. The van der Waals surface area contributed by atoms with E-state index >= 15 is 0 Å². The molecule has 0 N–H and O–H groups in total. The Hall–Kier alpha value is -2.51. The van der Waals surface area contributed by atoms with Crippen LogP contribution in [0.3, 0.4) is 0 Å². The van der Waals surface area contributed by atoms with E-state index in [1.807, 2.05) is 0 Å². The number of esters is 1. The number of methoxy groups -OCH3 is 2. The molecule has 0 saturated heterocycles. The van der Waals surface area contributed by atoms with Crippen LogP contribution in [0, 0.1) is 0 Å². The molecule has 0 aliphatic heterocycles. The summed E-state index contributed by atoms with van der Waals surface area (Å²) >= 11 is 0. The molecule has 0 atom stereocenters. The lowest BCUT2D eigenvalue weighted by molar-refractivity contribution is 0.0526. The molecule has 0 saturated carbocycles. The van der Waals surface area contributed by atoms with Gasteiger partial charge in [0.25, 0.3) is 0 Å². The molecule has 0 spiro atoms. The number of carbonyl (C=O) groups excluding carboxylic acids is 1. The quantitative estimate of drug-likeness (QED) is 0.448. The van der Waals surface area contributed by atoms with E-state index in [0.29, 0.717) is 54.8 Å². The largest absolute Gasteiger partial charge is 0.487 e. The van der Waals surface area contributed by atoms with E-state index in [1.54, 1.807) is 51.7 Å². The van der Waals surface area contributed by atoms with Crippen molar-refractivity contribution in [3.63, 3.8) is 0 Å². The van der Waals surface area contributed by atoms with Crippen LogP contribution in [-0.4, -0.2) is 53.2 Å². The summed E-state index contributed by atoms with van der Waals surface area (Å²) in [5, 5.41) is 0. The molecule has 0 aliphatic rings. The SMILES string of the molecule is CCOC(=O)c1cc(OCCOC)c(OCCOC)cc1-c1ccco1. The second-order valence-corrected chi connectivity index (χ2v) is 5.22. The Labute approximate surface area is 152 Å². The first-order valence-corrected chi connectivity index (χ1v) is 8.33. The van der Waals surface area contributed by atoms with Crippen molar-refractivity contribution < 1.29 is 32.9 Å². The Morgan fingerprint density at radius 3 is 2.19 bits per heavy atom. The summed E-state index contributed by atoms with van der Waals surface area (Å²) in [5.74, 6) is 0.987. The van der Waals surface area contributed by atoms with E-state index in [9.17, 15) is 4.79 Å². The maximum absolute atomic E-state index is 12.4. The van der Waals surface area contributed by atoms with Crippen molar-refractivity contribution in [2.45, 2.75) is 6.92 Å². The highest BCUT2D eigenvalue weighted by Gasteiger charge is 2.21. The fourth-order valence-corrected chi connectivity index (χ4v) is 2.27. The number of hydrogen-bond acceptors (Lipinski definition) is 7. The molecular formula is C19H24O7. The zero-order chi connectivity index (χ0) is 18.8. The minimum absolute atomic E-state index is 0.266. The van der Waals surface area contributed by atoms with E-state index in [-0.39, 0.29) is 6.61 Å². The van der Waals surface area contributed by atoms with Gasteiger partial charge in [-0.25, -0.2) is 4.79 Å². The Balaban J connectivity index is 2.43. The van der Waals surface area contributed by atoms with Crippen LogP contribution in [0.2, 0.25) is 0 Å². The van der Waals surface area contributed by atoms with Crippen molar-refractivity contribution in [1.29, 1.82) is 0 Å². The van der Waals surface area contributed by atoms with Crippen LogP contribution in [0.1, 0.15) is 17.3 Å². The van der Waals surface area contributed by atoms with Crippen LogP contribution < -0.4 is 9.47 Å². The van der Waals surface area contributed by atoms with E-state index in [4.69, 9.17) is 28.1 Å². The minimum Gasteiger partial charge on any atom is -0.487 e. The van der Waals surface area contributed by atoms with Gasteiger partial charge in [0.2, 0.25) is 0 Å². The Morgan fingerprint density at radius 1 is 1.00 bits per heavy atom. The fourth-order valence-electron chi connectivity index (χ4n) is 2.27. The van der Waals surface area contributed by atoms with Gasteiger partial charge in [-0.15, -0.1) is 0 Å². The van der Waals surface area contributed by atoms with Gasteiger partial charge in [0.1, 0.15) is 19.0 Å². The van der Waals surface area contributed by atoms with Crippen LogP contribution in [0.4, 0.5) is 0 Å². The molecule has 7 nitrogen and oxygen atoms in total. The molecule has 142 valence electrons. The molecule has 0 radical (unpaired) electrons. The first kappa shape index (κ1) is 19.8. The lowest BCUT2D eigenvalue weighted by Gasteiger charge is -2.16. The zero-order valence-electron chi connectivity index (χ0n) is 15.3. The van der Waals surface area contributed by atoms with Crippen LogP contribution in [-0.2, 0) is 14.2 Å². The smallest absolute Gasteiger partial charge is 0.339 e. The topological polar surface area (TPSA) is 76.4 Å². The molecule has 1 aromatic heterocycles. The highest BCUT2D eigenvalue weighted by molar-refractivity contribution is 5.97. The summed E-state index contributed by atoms with van der Waals surface area (Å²) in [6.07, 6.45) is 1.54. The van der Waals surface area contributed by atoms with Gasteiger partial charge in [-0.05, 0) is 31.2 Å². The van der Waals surface area contributed by atoms with Crippen molar-refractivity contribution in [2.75, 3.05) is 47.3 Å². The van der Waals surface area contributed by atoms with Gasteiger partial charge in [-0.2, -0.15) is 0 Å². The second kappa shape index (κ2) is 10.5. The summed E-state index contributed by atoms with van der Waals surface area (Å²) in [6, 6.07) is 6.83. The van der Waals surface area contributed by atoms with E-state index in [2.05, 4.69) is 0 Å². The standard InChI is InChI=1S/C19H24O7/c1-4-23-19(20)15-13-18(26-11-9-22-3)17(25-10-8-21-2)12-14(15)16-6-5-7-24-16/h5-7,12-13H,4,8-11H2,1-3H3. The molecule has 26 heavy (non-hydrogen) atoms. The second-order valence-electron chi connectivity index (χ2n) is 5.22. The van der Waals surface area contributed by atoms with Crippen LogP contribution in [0.5, 0.6) is 11.5 Å². The summed E-state index contributed by atoms with van der Waals surface area (Å²) < 4.78 is 32.1. The Kier molecular flexibility index (Phi) is 7.98. The van der Waals surface area contributed by atoms with Crippen molar-refractivity contribution >= 4 is 5.97 Å². The van der Waals surface area contributed by atoms with E-state index in [1.165, 1.54) is 0 Å². The average Bonchev–Trinajstić information content (AvgIpc) is 3.17. The molecule has 2 aromatic rings. The summed E-state index contributed by atoms with van der Waals surface area (Å²) in [6.45, 7) is 3.51. The molecule has 0 aliphatic carbocycles. The van der Waals surface area contributed by atoms with E-state index in [0.717, 1.165) is 0 Å². The molecule has 2 rings (SSSR count). The molecule has 1 heterocycles. The van der Waals surface area contributed by atoms with E-state index < -0.39 is 5.97 Å².